The first-order valence-electron chi connectivity index (χ1n) is 3.57. The summed E-state index contributed by atoms with van der Waals surface area (Å²) >= 11 is 5.51. The minimum atomic E-state index is -0.253. The third-order valence-corrected chi connectivity index (χ3v) is 1.47. The van der Waals surface area contributed by atoms with E-state index in [0.29, 0.717) is 11.0 Å². The highest BCUT2D eigenvalue weighted by molar-refractivity contribution is 6.29. The minimum absolute atomic E-state index is 0.253. The Bertz CT molecular complexity index is 298. The van der Waals surface area contributed by atoms with Gasteiger partial charge in [-0.1, -0.05) is 11.6 Å². The monoisotopic (exact) mass is 200 g/mol. The Hall–Kier alpha value is -1.36. The van der Waals surface area contributed by atoms with Crippen LogP contribution in [-0.4, -0.2) is 35.2 Å². The van der Waals surface area contributed by atoms with Gasteiger partial charge in [-0.05, 0) is 12.1 Å². The standard InChI is InChI=1S/C7H9ClN4O/c1-12(2)7(13)9-6-4-3-5(8)10-11-6/h3-4H,1-2H3,(H,9,11,13). The van der Waals surface area contributed by atoms with Crippen LogP contribution in [0.25, 0.3) is 0 Å². The molecule has 0 aliphatic rings. The topological polar surface area (TPSA) is 58.1 Å². The predicted molar refractivity (Wildman–Crippen MR) is 49.7 cm³/mol. The molecule has 0 aliphatic carbocycles. The number of carbonyl (C=O) groups is 1. The van der Waals surface area contributed by atoms with E-state index in [1.807, 2.05) is 0 Å². The number of rotatable bonds is 1. The van der Waals surface area contributed by atoms with Gasteiger partial charge in [-0.3, -0.25) is 5.32 Å². The molecular weight excluding hydrogens is 192 g/mol. The zero-order valence-corrected chi connectivity index (χ0v) is 8.04. The van der Waals surface area contributed by atoms with Gasteiger partial charge >= 0.3 is 6.03 Å². The van der Waals surface area contributed by atoms with E-state index in [1.54, 1.807) is 26.2 Å². The Labute approximate surface area is 80.7 Å². The highest BCUT2D eigenvalue weighted by Gasteiger charge is 2.04. The van der Waals surface area contributed by atoms with Crippen molar-refractivity contribution < 1.29 is 4.79 Å². The van der Waals surface area contributed by atoms with Crippen molar-refractivity contribution in [2.75, 3.05) is 19.4 Å². The number of hydrogen-bond acceptors (Lipinski definition) is 3. The number of anilines is 1. The van der Waals surface area contributed by atoms with E-state index < -0.39 is 0 Å². The number of carbonyl (C=O) groups excluding carboxylic acids is 1. The van der Waals surface area contributed by atoms with Gasteiger partial charge in [-0.2, -0.15) is 0 Å². The van der Waals surface area contributed by atoms with Crippen LogP contribution in [0.5, 0.6) is 0 Å². The molecule has 0 spiro atoms. The van der Waals surface area contributed by atoms with Crippen LogP contribution in [0.2, 0.25) is 5.15 Å². The third kappa shape index (κ3) is 2.87. The zero-order chi connectivity index (χ0) is 9.84. The molecule has 1 rings (SSSR count). The Morgan fingerprint density at radius 1 is 1.46 bits per heavy atom. The average molecular weight is 201 g/mol. The first-order chi connectivity index (χ1) is 6.09. The van der Waals surface area contributed by atoms with E-state index >= 15 is 0 Å². The highest BCUT2D eigenvalue weighted by atomic mass is 35.5. The quantitative estimate of drug-likeness (QED) is 0.742. The van der Waals surface area contributed by atoms with Crippen LogP contribution >= 0.6 is 11.6 Å². The van der Waals surface area contributed by atoms with E-state index in [4.69, 9.17) is 11.6 Å². The van der Waals surface area contributed by atoms with Crippen LogP contribution in [0, 0.1) is 0 Å². The Kier molecular flexibility index (Phi) is 3.02. The van der Waals surface area contributed by atoms with Crippen molar-refractivity contribution >= 4 is 23.4 Å². The van der Waals surface area contributed by atoms with Gasteiger partial charge in [0.1, 0.15) is 0 Å². The van der Waals surface area contributed by atoms with Crippen molar-refractivity contribution in [2.24, 2.45) is 0 Å². The summed E-state index contributed by atoms with van der Waals surface area (Å²) in [5.41, 5.74) is 0. The molecule has 2 amide bonds. The lowest BCUT2D eigenvalue weighted by Gasteiger charge is -2.10. The van der Waals surface area contributed by atoms with Crippen molar-refractivity contribution in [3.05, 3.63) is 17.3 Å². The molecule has 0 atom stereocenters. The van der Waals surface area contributed by atoms with Gasteiger partial charge in [0.25, 0.3) is 0 Å². The summed E-state index contributed by atoms with van der Waals surface area (Å²) in [5.74, 6) is 0.378. The lowest BCUT2D eigenvalue weighted by molar-refractivity contribution is 0.230. The van der Waals surface area contributed by atoms with Crippen LogP contribution in [0.4, 0.5) is 10.6 Å². The van der Waals surface area contributed by atoms with Crippen molar-refractivity contribution in [1.29, 1.82) is 0 Å². The van der Waals surface area contributed by atoms with Crippen LogP contribution in [-0.2, 0) is 0 Å². The first kappa shape index (κ1) is 9.73. The molecular formula is C7H9ClN4O. The van der Waals surface area contributed by atoms with Crippen molar-refractivity contribution in [2.45, 2.75) is 0 Å². The molecule has 0 aromatic carbocycles. The molecule has 0 saturated heterocycles. The van der Waals surface area contributed by atoms with Crippen LogP contribution in [0.3, 0.4) is 0 Å². The largest absolute Gasteiger partial charge is 0.331 e. The lowest BCUT2D eigenvalue weighted by atomic mass is 10.5. The Balaban J connectivity index is 2.65. The number of nitrogens with one attached hydrogen (secondary N) is 1. The fourth-order valence-electron chi connectivity index (χ4n) is 0.604. The molecule has 0 aliphatic heterocycles. The molecule has 6 heteroatoms. The molecule has 1 heterocycles. The summed E-state index contributed by atoms with van der Waals surface area (Å²) in [7, 11) is 3.28. The zero-order valence-electron chi connectivity index (χ0n) is 7.28. The SMILES string of the molecule is CN(C)C(=O)Nc1ccc(Cl)nn1. The van der Waals surface area contributed by atoms with Crippen molar-refractivity contribution in [3.8, 4) is 0 Å². The fourth-order valence-corrected chi connectivity index (χ4v) is 0.705. The minimum Gasteiger partial charge on any atom is -0.331 e. The van der Waals surface area contributed by atoms with E-state index in [-0.39, 0.29) is 6.03 Å². The van der Waals surface area contributed by atoms with E-state index in [2.05, 4.69) is 15.5 Å². The lowest BCUT2D eigenvalue weighted by Crippen LogP contribution is -2.27. The molecule has 0 radical (unpaired) electrons. The fraction of sp³-hybridized carbons (Fsp3) is 0.286. The summed E-state index contributed by atoms with van der Waals surface area (Å²) in [4.78, 5) is 12.5. The second-order valence-corrected chi connectivity index (χ2v) is 2.95. The van der Waals surface area contributed by atoms with Gasteiger partial charge in [0.05, 0.1) is 0 Å². The van der Waals surface area contributed by atoms with Crippen LogP contribution in [0.1, 0.15) is 0 Å². The number of amides is 2. The predicted octanol–water partition coefficient (Wildman–Crippen LogP) is 1.22. The molecule has 1 aromatic rings. The number of nitrogens with zero attached hydrogens (tertiary/aromatic N) is 3. The van der Waals surface area contributed by atoms with Crippen LogP contribution < -0.4 is 5.32 Å². The summed E-state index contributed by atoms with van der Waals surface area (Å²) < 4.78 is 0. The van der Waals surface area contributed by atoms with Gasteiger partial charge < -0.3 is 4.90 Å². The number of halogens is 1. The molecule has 0 fully saturated rings. The number of hydrogen-bond donors (Lipinski definition) is 1. The van der Waals surface area contributed by atoms with Crippen LogP contribution in [0.15, 0.2) is 12.1 Å². The Morgan fingerprint density at radius 2 is 2.15 bits per heavy atom. The maximum Gasteiger partial charge on any atom is 0.322 e. The summed E-state index contributed by atoms with van der Waals surface area (Å²) in [6, 6.07) is 2.88. The van der Waals surface area contributed by atoms with Gasteiger partial charge in [-0.15, -0.1) is 10.2 Å². The van der Waals surface area contributed by atoms with E-state index in [1.165, 1.54) is 4.90 Å². The summed E-state index contributed by atoms with van der Waals surface area (Å²) in [5, 5.41) is 10.1. The van der Waals surface area contributed by atoms with Crippen molar-refractivity contribution in [3.63, 3.8) is 0 Å². The molecule has 70 valence electrons. The van der Waals surface area contributed by atoms with E-state index in [9.17, 15) is 4.79 Å². The second-order valence-electron chi connectivity index (χ2n) is 2.57. The maximum atomic E-state index is 11.1. The third-order valence-electron chi connectivity index (χ3n) is 1.27. The number of aromatic nitrogens is 2. The van der Waals surface area contributed by atoms with Gasteiger partial charge in [0.15, 0.2) is 11.0 Å². The molecule has 0 saturated carbocycles. The summed E-state index contributed by atoms with van der Waals surface area (Å²) in [6.45, 7) is 0. The summed E-state index contributed by atoms with van der Waals surface area (Å²) in [6.07, 6.45) is 0. The molecule has 0 unspecified atom stereocenters. The average Bonchev–Trinajstić information content (AvgIpc) is 2.08. The van der Waals surface area contributed by atoms with Crippen molar-refractivity contribution in [1.82, 2.24) is 15.1 Å². The first-order valence-corrected chi connectivity index (χ1v) is 3.95. The van der Waals surface area contributed by atoms with Gasteiger partial charge in [-0.25, -0.2) is 4.79 Å². The van der Waals surface area contributed by atoms with E-state index in [0.717, 1.165) is 0 Å². The highest BCUT2D eigenvalue weighted by Crippen LogP contribution is 2.05. The molecule has 1 aromatic heterocycles. The molecule has 5 nitrogen and oxygen atoms in total. The maximum absolute atomic E-state index is 11.1. The second kappa shape index (κ2) is 4.04. The van der Waals surface area contributed by atoms with Gasteiger partial charge in [0, 0.05) is 14.1 Å². The molecule has 0 bridgehead atoms. The normalized spacial score (nSPS) is 9.46. The smallest absolute Gasteiger partial charge is 0.322 e. The van der Waals surface area contributed by atoms with Gasteiger partial charge in [0.2, 0.25) is 0 Å². The number of urea groups is 1. The Morgan fingerprint density at radius 3 is 2.62 bits per heavy atom. The molecule has 13 heavy (non-hydrogen) atoms. The molecule has 1 N–H and O–H groups in total.